The van der Waals surface area contributed by atoms with Crippen molar-refractivity contribution in [2.24, 2.45) is 0 Å². The Labute approximate surface area is 146 Å². The van der Waals surface area contributed by atoms with Crippen molar-refractivity contribution in [2.45, 2.75) is 11.6 Å². The molecule has 0 unspecified atom stereocenters. The Morgan fingerprint density at radius 1 is 1.08 bits per heavy atom. The van der Waals surface area contributed by atoms with Gasteiger partial charge in [0.2, 0.25) is 0 Å². The van der Waals surface area contributed by atoms with Gasteiger partial charge in [-0.2, -0.15) is 0 Å². The molecule has 2 aromatic carbocycles. The van der Waals surface area contributed by atoms with Crippen molar-refractivity contribution in [3.8, 4) is 11.4 Å². The highest BCUT2D eigenvalue weighted by atomic mass is 32.2. The lowest BCUT2D eigenvalue weighted by Gasteiger charge is -2.10. The molecular formula is C19H19N3OS. The molecule has 5 heteroatoms. The summed E-state index contributed by atoms with van der Waals surface area (Å²) < 4.78 is 7.35. The van der Waals surface area contributed by atoms with Crippen molar-refractivity contribution in [2.75, 3.05) is 12.9 Å². The maximum atomic E-state index is 5.25. The second kappa shape index (κ2) is 7.84. The van der Waals surface area contributed by atoms with Crippen LogP contribution in [0.25, 0.3) is 5.69 Å². The molecule has 0 aliphatic carbocycles. The van der Waals surface area contributed by atoms with Gasteiger partial charge in [-0.3, -0.25) is 4.57 Å². The average molecular weight is 337 g/mol. The zero-order valence-corrected chi connectivity index (χ0v) is 14.4. The quantitative estimate of drug-likeness (QED) is 0.480. The molecule has 1 aromatic heterocycles. The van der Waals surface area contributed by atoms with Gasteiger partial charge in [0.25, 0.3) is 0 Å². The second-order valence-corrected chi connectivity index (χ2v) is 6.18. The van der Waals surface area contributed by atoms with E-state index in [4.69, 9.17) is 4.74 Å². The van der Waals surface area contributed by atoms with Crippen LogP contribution in [0.15, 0.2) is 72.4 Å². The summed E-state index contributed by atoms with van der Waals surface area (Å²) in [4.78, 5) is 0. The minimum atomic E-state index is 0.731. The molecule has 0 saturated carbocycles. The molecule has 3 aromatic rings. The maximum Gasteiger partial charge on any atom is 0.196 e. The topological polar surface area (TPSA) is 39.9 Å². The summed E-state index contributed by atoms with van der Waals surface area (Å²) in [6.07, 6.45) is 2.60. The smallest absolute Gasteiger partial charge is 0.196 e. The van der Waals surface area contributed by atoms with Gasteiger partial charge in [-0.05, 0) is 29.8 Å². The van der Waals surface area contributed by atoms with E-state index in [9.17, 15) is 0 Å². The zero-order chi connectivity index (χ0) is 16.8. The van der Waals surface area contributed by atoms with E-state index in [1.54, 1.807) is 18.9 Å². The van der Waals surface area contributed by atoms with E-state index in [0.717, 1.165) is 34.6 Å². The molecule has 0 aliphatic heterocycles. The molecule has 1 heterocycles. The van der Waals surface area contributed by atoms with Crippen LogP contribution < -0.4 is 4.74 Å². The molecular weight excluding hydrogens is 318 g/mol. The van der Waals surface area contributed by atoms with Gasteiger partial charge < -0.3 is 4.74 Å². The van der Waals surface area contributed by atoms with Crippen molar-refractivity contribution in [3.63, 3.8) is 0 Å². The normalized spacial score (nSPS) is 10.5. The van der Waals surface area contributed by atoms with E-state index in [1.165, 1.54) is 5.56 Å². The highest BCUT2D eigenvalue weighted by Crippen LogP contribution is 2.25. The molecule has 0 saturated heterocycles. The van der Waals surface area contributed by atoms with E-state index in [-0.39, 0.29) is 0 Å². The summed E-state index contributed by atoms with van der Waals surface area (Å²) >= 11 is 1.62. The van der Waals surface area contributed by atoms with Gasteiger partial charge in [-0.25, -0.2) is 0 Å². The highest BCUT2D eigenvalue weighted by molar-refractivity contribution is 7.99. The number of ether oxygens (including phenoxy) is 1. The summed E-state index contributed by atoms with van der Waals surface area (Å²) in [6, 6.07) is 18.2. The molecule has 24 heavy (non-hydrogen) atoms. The molecule has 0 spiro atoms. The number of nitrogens with zero attached hydrogens (tertiary/aromatic N) is 3. The third kappa shape index (κ3) is 3.68. The van der Waals surface area contributed by atoms with E-state index in [2.05, 4.69) is 33.5 Å². The Morgan fingerprint density at radius 2 is 1.83 bits per heavy atom. The third-order valence-electron chi connectivity index (χ3n) is 3.57. The molecule has 0 atom stereocenters. The van der Waals surface area contributed by atoms with Crippen LogP contribution in [-0.2, 0) is 6.42 Å². The second-order valence-electron chi connectivity index (χ2n) is 5.19. The van der Waals surface area contributed by atoms with Crippen LogP contribution >= 0.6 is 11.8 Å². The molecule has 4 nitrogen and oxygen atoms in total. The van der Waals surface area contributed by atoms with E-state index >= 15 is 0 Å². The molecule has 0 aliphatic rings. The third-order valence-corrected chi connectivity index (χ3v) is 4.49. The Bertz CT molecular complexity index is 797. The fourth-order valence-electron chi connectivity index (χ4n) is 2.41. The van der Waals surface area contributed by atoms with Gasteiger partial charge in [0.1, 0.15) is 11.6 Å². The van der Waals surface area contributed by atoms with Crippen LogP contribution in [0.5, 0.6) is 5.75 Å². The van der Waals surface area contributed by atoms with Crippen molar-refractivity contribution >= 4 is 11.8 Å². The van der Waals surface area contributed by atoms with Crippen LogP contribution in [0.3, 0.4) is 0 Å². The van der Waals surface area contributed by atoms with Gasteiger partial charge in [0.15, 0.2) is 5.16 Å². The minimum Gasteiger partial charge on any atom is -0.497 e. The van der Waals surface area contributed by atoms with Crippen LogP contribution in [0.4, 0.5) is 0 Å². The molecule has 0 radical (unpaired) electrons. The number of methoxy groups -OCH3 is 1. The van der Waals surface area contributed by atoms with E-state index < -0.39 is 0 Å². The first-order valence-electron chi connectivity index (χ1n) is 7.68. The standard InChI is InChI=1S/C19H19N3OS/c1-3-13-24-19-21-20-18(14-15-7-5-4-6-8-15)22(19)16-9-11-17(23-2)12-10-16/h3-12H,1,13-14H2,2H3. The number of thioether (sulfide) groups is 1. The van der Waals surface area contributed by atoms with E-state index in [1.807, 2.05) is 48.5 Å². The Balaban J connectivity index is 1.98. The van der Waals surface area contributed by atoms with Crippen LogP contribution in [0, 0.1) is 0 Å². The SMILES string of the molecule is C=CCSc1nnc(Cc2ccccc2)n1-c1ccc(OC)cc1. The number of rotatable bonds is 7. The largest absolute Gasteiger partial charge is 0.497 e. The number of benzene rings is 2. The van der Waals surface area contributed by atoms with Crippen LogP contribution in [0.2, 0.25) is 0 Å². The zero-order valence-electron chi connectivity index (χ0n) is 13.6. The Morgan fingerprint density at radius 3 is 2.50 bits per heavy atom. The maximum absolute atomic E-state index is 5.25. The molecule has 0 bridgehead atoms. The average Bonchev–Trinajstić information content (AvgIpc) is 3.03. The Kier molecular flexibility index (Phi) is 5.33. The lowest BCUT2D eigenvalue weighted by molar-refractivity contribution is 0.414. The number of hydrogen-bond donors (Lipinski definition) is 0. The monoisotopic (exact) mass is 337 g/mol. The number of hydrogen-bond acceptors (Lipinski definition) is 4. The van der Waals surface area contributed by atoms with Crippen LogP contribution in [0.1, 0.15) is 11.4 Å². The number of aromatic nitrogens is 3. The van der Waals surface area contributed by atoms with Gasteiger partial charge in [-0.15, -0.1) is 16.8 Å². The minimum absolute atomic E-state index is 0.731. The highest BCUT2D eigenvalue weighted by Gasteiger charge is 2.14. The van der Waals surface area contributed by atoms with Gasteiger partial charge in [0, 0.05) is 17.9 Å². The Hall–Kier alpha value is -2.53. The first-order valence-corrected chi connectivity index (χ1v) is 8.66. The van der Waals surface area contributed by atoms with Gasteiger partial charge in [-0.1, -0.05) is 48.2 Å². The molecule has 0 N–H and O–H groups in total. The summed E-state index contributed by atoms with van der Waals surface area (Å²) in [7, 11) is 1.67. The molecule has 3 rings (SSSR count). The van der Waals surface area contributed by atoms with Gasteiger partial charge in [0.05, 0.1) is 7.11 Å². The molecule has 0 fully saturated rings. The molecule has 0 amide bonds. The summed E-state index contributed by atoms with van der Waals surface area (Å²) in [5.41, 5.74) is 2.23. The fourth-order valence-corrected chi connectivity index (χ4v) is 3.12. The summed E-state index contributed by atoms with van der Waals surface area (Å²) in [5, 5.41) is 9.64. The van der Waals surface area contributed by atoms with Crippen molar-refractivity contribution < 1.29 is 4.74 Å². The lowest BCUT2D eigenvalue weighted by Crippen LogP contribution is -2.04. The van der Waals surface area contributed by atoms with Gasteiger partial charge >= 0.3 is 0 Å². The lowest BCUT2D eigenvalue weighted by atomic mass is 10.1. The van der Waals surface area contributed by atoms with Crippen molar-refractivity contribution in [1.82, 2.24) is 14.8 Å². The first kappa shape index (κ1) is 16.3. The van der Waals surface area contributed by atoms with E-state index in [0.29, 0.717) is 0 Å². The van der Waals surface area contributed by atoms with Crippen LogP contribution in [-0.4, -0.2) is 27.6 Å². The predicted molar refractivity (Wildman–Crippen MR) is 98.1 cm³/mol. The summed E-state index contributed by atoms with van der Waals surface area (Å²) in [5.74, 6) is 2.54. The first-order chi connectivity index (χ1) is 11.8. The summed E-state index contributed by atoms with van der Waals surface area (Å²) in [6.45, 7) is 3.78. The predicted octanol–water partition coefficient (Wildman–Crippen LogP) is 4.14. The fraction of sp³-hybridized carbons (Fsp3) is 0.158. The van der Waals surface area contributed by atoms with Crippen molar-refractivity contribution in [1.29, 1.82) is 0 Å². The molecule has 122 valence electrons. The van der Waals surface area contributed by atoms with Crippen molar-refractivity contribution in [3.05, 3.63) is 78.6 Å².